The molecule has 28 heavy (non-hydrogen) atoms. The molecule has 2 aromatic heterocycles. The predicted octanol–water partition coefficient (Wildman–Crippen LogP) is 4.48. The number of hydrogen-bond acceptors (Lipinski definition) is 5. The molecule has 1 amide bonds. The van der Waals surface area contributed by atoms with Gasteiger partial charge in [0, 0.05) is 12.3 Å². The first-order chi connectivity index (χ1) is 13.7. The molecule has 2 heterocycles. The Morgan fingerprint density at radius 1 is 1.07 bits per heavy atom. The first kappa shape index (κ1) is 18.1. The lowest BCUT2D eigenvalue weighted by Crippen LogP contribution is -2.32. The van der Waals surface area contributed by atoms with E-state index in [-0.39, 0.29) is 5.91 Å². The van der Waals surface area contributed by atoms with E-state index in [1.165, 1.54) is 11.3 Å². The molecule has 4 aromatic rings. The molecule has 6 heteroatoms. The fraction of sp³-hybridized carbons (Fsp3) is 0.136. The number of thiazole rings is 1. The zero-order valence-corrected chi connectivity index (χ0v) is 16.2. The number of methoxy groups -OCH3 is 1. The summed E-state index contributed by atoms with van der Waals surface area (Å²) in [6.45, 7) is 0.378. The fourth-order valence-corrected chi connectivity index (χ4v) is 3.88. The molecule has 4 rings (SSSR count). The van der Waals surface area contributed by atoms with Crippen molar-refractivity contribution in [1.29, 1.82) is 0 Å². The highest BCUT2D eigenvalue weighted by molar-refractivity contribution is 7.22. The van der Waals surface area contributed by atoms with Gasteiger partial charge < -0.3 is 4.74 Å². The van der Waals surface area contributed by atoms with Crippen LogP contribution in [0.25, 0.3) is 10.2 Å². The van der Waals surface area contributed by atoms with Gasteiger partial charge in [0.2, 0.25) is 5.91 Å². The fourth-order valence-electron chi connectivity index (χ4n) is 2.92. The number of nitrogens with zero attached hydrogens (tertiary/aromatic N) is 3. The molecule has 0 atom stereocenters. The summed E-state index contributed by atoms with van der Waals surface area (Å²) < 4.78 is 6.30. The van der Waals surface area contributed by atoms with Gasteiger partial charge in [0.05, 0.1) is 36.0 Å². The summed E-state index contributed by atoms with van der Waals surface area (Å²) in [4.78, 5) is 23.9. The number of pyridine rings is 1. The van der Waals surface area contributed by atoms with Gasteiger partial charge in [-0.05, 0) is 29.8 Å². The van der Waals surface area contributed by atoms with Crippen molar-refractivity contribution >= 4 is 32.6 Å². The van der Waals surface area contributed by atoms with Crippen LogP contribution in [0.3, 0.4) is 0 Å². The molecule has 0 fully saturated rings. The molecule has 0 radical (unpaired) electrons. The normalized spacial score (nSPS) is 10.8. The number of amides is 1. The molecule has 0 aliphatic rings. The second-order valence-electron chi connectivity index (χ2n) is 6.29. The monoisotopic (exact) mass is 389 g/mol. The first-order valence-electron chi connectivity index (χ1n) is 8.92. The van der Waals surface area contributed by atoms with E-state index in [0.29, 0.717) is 18.1 Å². The number of rotatable bonds is 6. The summed E-state index contributed by atoms with van der Waals surface area (Å²) in [6.07, 6.45) is 2.05. The molecule has 0 saturated carbocycles. The van der Waals surface area contributed by atoms with Crippen LogP contribution in [0.1, 0.15) is 11.3 Å². The third kappa shape index (κ3) is 4.02. The van der Waals surface area contributed by atoms with Crippen LogP contribution in [-0.2, 0) is 17.8 Å². The smallest absolute Gasteiger partial charge is 0.233 e. The van der Waals surface area contributed by atoms with Crippen molar-refractivity contribution < 1.29 is 9.53 Å². The van der Waals surface area contributed by atoms with Gasteiger partial charge in [-0.3, -0.25) is 14.7 Å². The van der Waals surface area contributed by atoms with Gasteiger partial charge in [-0.15, -0.1) is 0 Å². The van der Waals surface area contributed by atoms with Crippen LogP contribution in [0.4, 0.5) is 5.13 Å². The van der Waals surface area contributed by atoms with Crippen LogP contribution in [0.5, 0.6) is 5.75 Å². The molecule has 140 valence electrons. The van der Waals surface area contributed by atoms with Crippen molar-refractivity contribution in [3.05, 3.63) is 84.2 Å². The van der Waals surface area contributed by atoms with Gasteiger partial charge in [-0.1, -0.05) is 47.7 Å². The molecule has 2 aromatic carbocycles. The van der Waals surface area contributed by atoms with E-state index < -0.39 is 0 Å². The Bertz CT molecular complexity index is 1080. The van der Waals surface area contributed by atoms with Crippen molar-refractivity contribution in [1.82, 2.24) is 9.97 Å². The van der Waals surface area contributed by atoms with Gasteiger partial charge in [-0.2, -0.15) is 0 Å². The van der Waals surface area contributed by atoms with Crippen molar-refractivity contribution in [3.8, 4) is 5.75 Å². The van der Waals surface area contributed by atoms with E-state index in [1.54, 1.807) is 18.2 Å². The third-order valence-corrected chi connectivity index (χ3v) is 5.42. The highest BCUT2D eigenvalue weighted by Crippen LogP contribution is 2.32. The molecule has 0 unspecified atom stereocenters. The molecule has 0 N–H and O–H groups in total. The molecule has 0 aliphatic carbocycles. The van der Waals surface area contributed by atoms with Crippen LogP contribution in [0.2, 0.25) is 0 Å². The number of carbonyl (C=O) groups is 1. The lowest BCUT2D eigenvalue weighted by molar-refractivity contribution is -0.118. The van der Waals surface area contributed by atoms with E-state index in [9.17, 15) is 4.79 Å². The second kappa shape index (κ2) is 8.19. The van der Waals surface area contributed by atoms with Gasteiger partial charge >= 0.3 is 0 Å². The summed E-state index contributed by atoms with van der Waals surface area (Å²) in [5.41, 5.74) is 2.61. The maximum absolute atomic E-state index is 13.2. The number of carbonyl (C=O) groups excluding carboxylic acids is 1. The highest BCUT2D eigenvalue weighted by Gasteiger charge is 2.21. The number of hydrogen-bond donors (Lipinski definition) is 0. The minimum atomic E-state index is -0.0112. The van der Waals surface area contributed by atoms with Crippen LogP contribution in [0.15, 0.2) is 72.9 Å². The minimum Gasteiger partial charge on any atom is -0.497 e. The molecule has 0 saturated heterocycles. The topological polar surface area (TPSA) is 55.3 Å². The van der Waals surface area contributed by atoms with Gasteiger partial charge in [0.1, 0.15) is 5.75 Å². The Kier molecular flexibility index (Phi) is 5.30. The lowest BCUT2D eigenvalue weighted by Gasteiger charge is -2.19. The summed E-state index contributed by atoms with van der Waals surface area (Å²) in [5.74, 6) is 0.735. The maximum Gasteiger partial charge on any atom is 0.233 e. The average molecular weight is 389 g/mol. The standard InChI is InChI=1S/C22H19N3O2S/c1-27-18-10-11-20-19(14-18)24-22(28-20)25(15-17-9-5-6-12-23-17)21(26)13-16-7-3-2-4-8-16/h2-12,14H,13,15H2,1H3. The predicted molar refractivity (Wildman–Crippen MR) is 112 cm³/mol. The van der Waals surface area contributed by atoms with Crippen LogP contribution < -0.4 is 9.64 Å². The quantitative estimate of drug-likeness (QED) is 0.488. The van der Waals surface area contributed by atoms with Gasteiger partial charge in [0.15, 0.2) is 5.13 Å². The molecular weight excluding hydrogens is 370 g/mol. The average Bonchev–Trinajstić information content (AvgIpc) is 3.16. The molecule has 0 bridgehead atoms. The van der Waals surface area contributed by atoms with E-state index in [0.717, 1.165) is 27.2 Å². The van der Waals surface area contributed by atoms with Crippen LogP contribution in [0, 0.1) is 0 Å². The Hall–Kier alpha value is -3.25. The SMILES string of the molecule is COc1ccc2sc(N(Cc3ccccn3)C(=O)Cc3ccccc3)nc2c1. The molecule has 0 aliphatic heterocycles. The maximum atomic E-state index is 13.2. The Balaban J connectivity index is 1.68. The van der Waals surface area contributed by atoms with Crippen molar-refractivity contribution in [3.63, 3.8) is 0 Å². The lowest BCUT2D eigenvalue weighted by atomic mass is 10.1. The van der Waals surface area contributed by atoms with Crippen LogP contribution >= 0.6 is 11.3 Å². The van der Waals surface area contributed by atoms with Gasteiger partial charge in [0.25, 0.3) is 0 Å². The van der Waals surface area contributed by atoms with E-state index in [1.807, 2.05) is 66.7 Å². The number of ether oxygens (including phenoxy) is 1. The molecule has 0 spiro atoms. The number of fused-ring (bicyclic) bond motifs is 1. The van der Waals surface area contributed by atoms with Crippen molar-refractivity contribution in [2.75, 3.05) is 12.0 Å². The largest absolute Gasteiger partial charge is 0.497 e. The third-order valence-electron chi connectivity index (χ3n) is 4.36. The Morgan fingerprint density at radius 3 is 2.64 bits per heavy atom. The van der Waals surface area contributed by atoms with Crippen molar-refractivity contribution in [2.45, 2.75) is 13.0 Å². The summed E-state index contributed by atoms with van der Waals surface area (Å²) >= 11 is 1.49. The Morgan fingerprint density at radius 2 is 1.89 bits per heavy atom. The van der Waals surface area contributed by atoms with E-state index in [4.69, 9.17) is 9.72 Å². The molecular formula is C22H19N3O2S. The van der Waals surface area contributed by atoms with E-state index >= 15 is 0 Å². The summed E-state index contributed by atoms with van der Waals surface area (Å²) in [5, 5.41) is 0.662. The zero-order valence-electron chi connectivity index (χ0n) is 15.4. The van der Waals surface area contributed by atoms with Crippen molar-refractivity contribution in [2.24, 2.45) is 0 Å². The first-order valence-corrected chi connectivity index (χ1v) is 9.73. The van der Waals surface area contributed by atoms with Crippen LogP contribution in [-0.4, -0.2) is 23.0 Å². The zero-order chi connectivity index (χ0) is 19.3. The number of anilines is 1. The highest BCUT2D eigenvalue weighted by atomic mass is 32.1. The van der Waals surface area contributed by atoms with E-state index in [2.05, 4.69) is 4.98 Å². The number of aromatic nitrogens is 2. The second-order valence-corrected chi connectivity index (χ2v) is 7.30. The number of benzene rings is 2. The van der Waals surface area contributed by atoms with Gasteiger partial charge in [-0.25, -0.2) is 4.98 Å². The summed E-state index contributed by atoms with van der Waals surface area (Å²) in [6, 6.07) is 21.2. The Labute approximate surface area is 167 Å². The molecule has 5 nitrogen and oxygen atoms in total. The minimum absolute atomic E-state index is 0.0112. The summed E-state index contributed by atoms with van der Waals surface area (Å²) in [7, 11) is 1.63.